The third-order valence-electron chi connectivity index (χ3n) is 6.39. The maximum Gasteiger partial charge on any atom is 0.424 e. The zero-order valence-electron chi connectivity index (χ0n) is 26.9. The van der Waals surface area contributed by atoms with Crippen molar-refractivity contribution in [1.82, 2.24) is 19.9 Å². The largest absolute Gasteiger partial charge is 0.488 e. The van der Waals surface area contributed by atoms with E-state index in [1.165, 1.54) is 31.2 Å². The van der Waals surface area contributed by atoms with E-state index in [9.17, 15) is 36.8 Å². The molecule has 0 fully saturated rings. The van der Waals surface area contributed by atoms with Gasteiger partial charge in [0.2, 0.25) is 5.91 Å². The van der Waals surface area contributed by atoms with Crippen molar-refractivity contribution in [3.05, 3.63) is 83.3 Å². The summed E-state index contributed by atoms with van der Waals surface area (Å²) in [5.41, 5.74) is 6.05. The van der Waals surface area contributed by atoms with Crippen LogP contribution in [-0.4, -0.2) is 80.9 Å². The van der Waals surface area contributed by atoms with Gasteiger partial charge in [-0.15, -0.1) is 0 Å². The molecule has 0 atom stereocenters. The Morgan fingerprint density at radius 3 is 2.27 bits per heavy atom. The van der Waals surface area contributed by atoms with Gasteiger partial charge in [0.15, 0.2) is 5.75 Å². The normalized spacial score (nSPS) is 11.0. The summed E-state index contributed by atoms with van der Waals surface area (Å²) in [7, 11) is -4.43. The molecule has 3 rings (SSSR count). The van der Waals surface area contributed by atoms with Crippen LogP contribution in [0.2, 0.25) is 0 Å². The van der Waals surface area contributed by atoms with E-state index in [4.69, 9.17) is 19.9 Å². The van der Waals surface area contributed by atoms with Crippen LogP contribution in [0.1, 0.15) is 47.1 Å². The predicted octanol–water partition coefficient (Wildman–Crippen LogP) is 2.20. The fraction of sp³-hybridized carbons (Fsp3) is 0.312. The van der Waals surface area contributed by atoms with Gasteiger partial charge < -0.3 is 25.3 Å². The van der Waals surface area contributed by atoms with Gasteiger partial charge in [-0.1, -0.05) is 26.0 Å². The molecule has 0 radical (unpaired) electrons. The van der Waals surface area contributed by atoms with Crippen LogP contribution in [0.15, 0.2) is 65.7 Å². The van der Waals surface area contributed by atoms with Crippen molar-refractivity contribution in [3.63, 3.8) is 0 Å². The Labute approximate surface area is 282 Å². The van der Waals surface area contributed by atoms with Crippen molar-refractivity contribution in [3.8, 4) is 11.6 Å². The van der Waals surface area contributed by atoms with Crippen LogP contribution in [-0.2, 0) is 30.8 Å². The lowest BCUT2D eigenvalue weighted by molar-refractivity contribution is -0.147. The Hall–Kier alpha value is -5.42. The smallest absolute Gasteiger partial charge is 0.424 e. The Kier molecular flexibility index (Phi) is 13.7. The Bertz CT molecular complexity index is 1770. The first-order chi connectivity index (χ1) is 23.2. The summed E-state index contributed by atoms with van der Waals surface area (Å²) < 4.78 is 56.6. The van der Waals surface area contributed by atoms with Crippen LogP contribution in [0, 0.1) is 11.7 Å². The second kappa shape index (κ2) is 17.7. The van der Waals surface area contributed by atoms with Crippen LogP contribution in [0.4, 0.5) is 9.18 Å². The number of amides is 4. The van der Waals surface area contributed by atoms with Gasteiger partial charge in [0.05, 0.1) is 30.2 Å². The summed E-state index contributed by atoms with van der Waals surface area (Å²) in [5, 5.41) is 2.69. The zero-order chi connectivity index (χ0) is 36.1. The van der Waals surface area contributed by atoms with E-state index in [2.05, 4.69) is 10.3 Å². The molecule has 0 aliphatic carbocycles. The Balaban J connectivity index is 1.72. The first kappa shape index (κ1) is 38.0. The van der Waals surface area contributed by atoms with E-state index in [0.717, 1.165) is 30.0 Å². The summed E-state index contributed by atoms with van der Waals surface area (Å²) in [6.45, 7) is 4.07. The molecule has 0 unspecified atom stereocenters. The predicted molar refractivity (Wildman–Crippen MR) is 172 cm³/mol. The highest BCUT2D eigenvalue weighted by Gasteiger charge is 2.28. The van der Waals surface area contributed by atoms with Crippen LogP contribution in [0.3, 0.4) is 0 Å². The van der Waals surface area contributed by atoms with E-state index in [-0.39, 0.29) is 53.3 Å². The molecule has 2 aromatic carbocycles. The minimum absolute atomic E-state index is 0.00389. The molecule has 0 aliphatic rings. The first-order valence-electron chi connectivity index (χ1n) is 14.9. The molecule has 15 nitrogen and oxygen atoms in total. The number of ether oxygens (including phenoxy) is 3. The number of esters is 1. The molecule has 49 heavy (non-hydrogen) atoms. The van der Waals surface area contributed by atoms with Gasteiger partial charge in [0, 0.05) is 24.4 Å². The molecule has 0 spiro atoms. The van der Waals surface area contributed by atoms with Crippen LogP contribution >= 0.6 is 0 Å². The van der Waals surface area contributed by atoms with Crippen molar-refractivity contribution in [2.45, 2.75) is 32.1 Å². The summed E-state index contributed by atoms with van der Waals surface area (Å²) in [6, 6.07) is 11.8. The topological polar surface area (TPSA) is 213 Å². The average Bonchev–Trinajstić information content (AvgIpc) is 3.07. The molecular formula is C32H36FN5O10S. The van der Waals surface area contributed by atoms with Crippen molar-refractivity contribution in [2.24, 2.45) is 11.7 Å². The number of carbonyl (C=O) groups is 5. The van der Waals surface area contributed by atoms with Gasteiger partial charge >= 0.3 is 12.1 Å². The van der Waals surface area contributed by atoms with Crippen molar-refractivity contribution in [1.29, 1.82) is 0 Å². The molecule has 17 heteroatoms. The number of nitrogens with zero attached hydrogens (tertiary/aromatic N) is 2. The standard InChI is InChI=1S/C32H36FN5O10S/c1-4-46-28(40)18-38(27(39)16-34)32(43)48-31-26(47-19-20(2)3)15-23(17-36-31)30(42)37-49(44,45)25-11-7-22(8-12-25)29(41)35-14-13-21-5-9-24(33)10-6-21/h5-12,15,17,20H,4,13-14,16,18-19,34H2,1-3H3,(H,35,41)(H,37,42). The number of hydrogen-bond acceptors (Lipinski definition) is 12. The summed E-state index contributed by atoms with van der Waals surface area (Å²) in [6.07, 6.45) is 0.0416. The lowest BCUT2D eigenvalue weighted by atomic mass is 10.1. The zero-order valence-corrected chi connectivity index (χ0v) is 27.8. The number of pyridine rings is 1. The second-order valence-corrected chi connectivity index (χ2v) is 12.4. The lowest BCUT2D eigenvalue weighted by Crippen LogP contribution is -2.45. The highest BCUT2D eigenvalue weighted by Crippen LogP contribution is 2.27. The fourth-order valence-corrected chi connectivity index (χ4v) is 4.90. The molecule has 262 valence electrons. The third-order valence-corrected chi connectivity index (χ3v) is 7.74. The number of sulfonamides is 1. The molecule has 3 aromatic rings. The number of aromatic nitrogens is 1. The van der Waals surface area contributed by atoms with Gasteiger partial charge in [0.1, 0.15) is 12.4 Å². The molecule has 4 N–H and O–H groups in total. The van der Waals surface area contributed by atoms with Crippen molar-refractivity contribution < 1.29 is 51.0 Å². The number of carbonyl (C=O) groups excluding carboxylic acids is 5. The third kappa shape index (κ3) is 11.4. The fourth-order valence-electron chi connectivity index (χ4n) is 3.93. The molecule has 4 amide bonds. The van der Waals surface area contributed by atoms with E-state index < -0.39 is 58.8 Å². The van der Waals surface area contributed by atoms with Gasteiger partial charge in [0.25, 0.3) is 27.7 Å². The van der Waals surface area contributed by atoms with Crippen molar-refractivity contribution >= 4 is 39.8 Å². The molecular weight excluding hydrogens is 665 g/mol. The van der Waals surface area contributed by atoms with Crippen LogP contribution in [0.5, 0.6) is 11.6 Å². The highest BCUT2D eigenvalue weighted by atomic mass is 32.2. The number of halogens is 1. The second-order valence-electron chi connectivity index (χ2n) is 10.7. The quantitative estimate of drug-likeness (QED) is 0.195. The lowest BCUT2D eigenvalue weighted by Gasteiger charge is -2.19. The highest BCUT2D eigenvalue weighted by molar-refractivity contribution is 7.90. The molecule has 1 aromatic heterocycles. The monoisotopic (exact) mass is 701 g/mol. The Morgan fingerprint density at radius 1 is 0.980 bits per heavy atom. The number of imide groups is 1. The first-order valence-corrected chi connectivity index (χ1v) is 16.4. The number of hydrogen-bond donors (Lipinski definition) is 3. The molecule has 0 saturated heterocycles. The summed E-state index contributed by atoms with van der Waals surface area (Å²) in [4.78, 5) is 66.5. The summed E-state index contributed by atoms with van der Waals surface area (Å²) in [5.74, 6) is -4.53. The average molecular weight is 702 g/mol. The van der Waals surface area contributed by atoms with Crippen molar-refractivity contribution in [2.75, 3.05) is 32.8 Å². The molecule has 0 bridgehead atoms. The van der Waals surface area contributed by atoms with Gasteiger partial charge in [-0.05, 0) is 61.2 Å². The Morgan fingerprint density at radius 2 is 1.65 bits per heavy atom. The number of rotatable bonds is 15. The van der Waals surface area contributed by atoms with E-state index >= 15 is 0 Å². The SMILES string of the molecule is CCOC(=O)CN(C(=O)CN)C(=O)Oc1ncc(C(=O)NS(=O)(=O)c2ccc(C(=O)NCCc3ccc(F)cc3)cc2)cc1OCC(C)C. The maximum atomic E-state index is 13.1. The molecule has 0 saturated carbocycles. The molecule has 1 heterocycles. The summed E-state index contributed by atoms with van der Waals surface area (Å²) >= 11 is 0. The van der Waals surface area contributed by atoms with E-state index in [1.54, 1.807) is 12.1 Å². The number of benzene rings is 2. The van der Waals surface area contributed by atoms with Crippen LogP contribution < -0.4 is 25.2 Å². The van der Waals surface area contributed by atoms with Gasteiger partial charge in [-0.2, -0.15) is 0 Å². The maximum absolute atomic E-state index is 13.1. The minimum atomic E-state index is -4.43. The van der Waals surface area contributed by atoms with E-state index in [0.29, 0.717) is 11.3 Å². The van der Waals surface area contributed by atoms with Gasteiger partial charge in [-0.3, -0.25) is 19.2 Å². The van der Waals surface area contributed by atoms with Crippen LogP contribution in [0.25, 0.3) is 0 Å². The minimum Gasteiger partial charge on any atom is -0.488 e. The molecule has 0 aliphatic heterocycles. The number of nitrogens with one attached hydrogen (secondary N) is 2. The number of nitrogens with two attached hydrogens (primary N) is 1. The van der Waals surface area contributed by atoms with E-state index in [1.807, 2.05) is 18.6 Å². The van der Waals surface area contributed by atoms with Gasteiger partial charge in [-0.25, -0.2) is 32.2 Å².